The maximum absolute atomic E-state index is 15.6. The number of hydrogen-bond donors (Lipinski definition) is 3. The number of aromatic nitrogens is 2. The third kappa shape index (κ3) is 8.59. The van der Waals surface area contributed by atoms with Gasteiger partial charge in [-0.15, -0.1) is 0 Å². The van der Waals surface area contributed by atoms with E-state index in [9.17, 15) is 23.6 Å². The first-order valence-electron chi connectivity index (χ1n) is 15.9. The molecule has 0 saturated carbocycles. The molecule has 252 valence electrons. The lowest BCUT2D eigenvalue weighted by Crippen LogP contribution is -2.55. The van der Waals surface area contributed by atoms with E-state index < -0.39 is 47.4 Å². The average molecular weight is 652 g/mol. The molecule has 4 amide bonds. The van der Waals surface area contributed by atoms with Gasteiger partial charge in [-0.1, -0.05) is 39.0 Å². The summed E-state index contributed by atoms with van der Waals surface area (Å²) in [4.78, 5) is 56.7. The summed E-state index contributed by atoms with van der Waals surface area (Å²) < 4.78 is 30.8. The van der Waals surface area contributed by atoms with Crippen molar-refractivity contribution in [2.75, 3.05) is 38.5 Å². The fourth-order valence-electron chi connectivity index (χ4n) is 5.59. The van der Waals surface area contributed by atoms with E-state index in [2.05, 4.69) is 25.9 Å². The average Bonchev–Trinajstić information content (AvgIpc) is 3.56. The highest BCUT2D eigenvalue weighted by Gasteiger charge is 2.34. The Hall–Kier alpha value is -4.65. The van der Waals surface area contributed by atoms with Crippen LogP contribution in [0, 0.1) is 11.6 Å². The first kappa shape index (κ1) is 35.2. The predicted molar refractivity (Wildman–Crippen MR) is 174 cm³/mol. The minimum Gasteiger partial charge on any atom is -0.344 e. The van der Waals surface area contributed by atoms with Crippen LogP contribution in [0.5, 0.6) is 0 Å². The molecule has 0 radical (unpaired) electrons. The number of aryl methyl sites for hydroxylation is 1. The SMILES string of the molecule is CCC(=O)N[C@@H](C(=O)N1CCN(C)CC1)[C@@H](C)c1ccc(NC(=O)C(NC(=O)c2ccnn2CC)C(C)c2ccc(F)cc2)c(F)c1. The molecule has 1 aliphatic heterocycles. The van der Waals surface area contributed by atoms with E-state index in [1.54, 1.807) is 31.7 Å². The van der Waals surface area contributed by atoms with Crippen molar-refractivity contribution in [3.05, 3.63) is 83.2 Å². The minimum absolute atomic E-state index is 0.130. The number of nitrogens with one attached hydrogen (secondary N) is 3. The Kier molecular flexibility index (Phi) is 11.8. The van der Waals surface area contributed by atoms with Crippen LogP contribution < -0.4 is 16.0 Å². The third-order valence-electron chi connectivity index (χ3n) is 8.71. The largest absolute Gasteiger partial charge is 0.344 e. The van der Waals surface area contributed by atoms with Crippen LogP contribution in [0.2, 0.25) is 0 Å². The van der Waals surface area contributed by atoms with E-state index in [0.717, 1.165) is 0 Å². The molecular weight excluding hydrogens is 608 g/mol. The van der Waals surface area contributed by atoms with Gasteiger partial charge in [0.1, 0.15) is 29.4 Å². The number of piperazine rings is 1. The second-order valence-corrected chi connectivity index (χ2v) is 11.9. The molecule has 4 atom stereocenters. The number of halogens is 2. The summed E-state index contributed by atoms with van der Waals surface area (Å²) in [5.74, 6) is -4.16. The van der Waals surface area contributed by atoms with Gasteiger partial charge in [-0.05, 0) is 55.4 Å². The zero-order valence-electron chi connectivity index (χ0n) is 27.4. The Bertz CT molecular complexity index is 1570. The molecule has 47 heavy (non-hydrogen) atoms. The Morgan fingerprint density at radius 2 is 1.49 bits per heavy atom. The molecular formula is C34H43F2N7O4. The van der Waals surface area contributed by atoms with E-state index in [-0.39, 0.29) is 29.6 Å². The second kappa shape index (κ2) is 15.8. The van der Waals surface area contributed by atoms with Crippen LogP contribution in [0.4, 0.5) is 14.5 Å². The molecule has 1 aliphatic rings. The molecule has 2 unspecified atom stereocenters. The van der Waals surface area contributed by atoms with Crippen molar-refractivity contribution >= 4 is 29.3 Å². The summed E-state index contributed by atoms with van der Waals surface area (Å²) in [5.41, 5.74) is 1.17. The Labute approximate surface area is 273 Å². The maximum Gasteiger partial charge on any atom is 0.270 e. The van der Waals surface area contributed by atoms with Crippen molar-refractivity contribution < 1.29 is 28.0 Å². The molecule has 0 aliphatic carbocycles. The summed E-state index contributed by atoms with van der Waals surface area (Å²) in [7, 11) is 1.98. The van der Waals surface area contributed by atoms with E-state index >= 15 is 4.39 Å². The predicted octanol–water partition coefficient (Wildman–Crippen LogP) is 3.49. The Morgan fingerprint density at radius 1 is 0.851 bits per heavy atom. The molecule has 0 spiro atoms. The molecule has 0 bridgehead atoms. The zero-order valence-corrected chi connectivity index (χ0v) is 27.4. The number of anilines is 1. The van der Waals surface area contributed by atoms with Crippen molar-refractivity contribution in [2.45, 2.75) is 64.6 Å². The lowest BCUT2D eigenvalue weighted by atomic mass is 9.91. The lowest BCUT2D eigenvalue weighted by molar-refractivity contribution is -0.138. The van der Waals surface area contributed by atoms with Crippen LogP contribution in [-0.2, 0) is 20.9 Å². The minimum atomic E-state index is -1.17. The van der Waals surface area contributed by atoms with Crippen LogP contribution in [0.15, 0.2) is 54.7 Å². The second-order valence-electron chi connectivity index (χ2n) is 11.9. The van der Waals surface area contributed by atoms with E-state index in [4.69, 9.17) is 0 Å². The fraction of sp³-hybridized carbons (Fsp3) is 0.441. The lowest BCUT2D eigenvalue weighted by Gasteiger charge is -2.36. The molecule has 1 aromatic heterocycles. The van der Waals surface area contributed by atoms with Gasteiger partial charge in [-0.25, -0.2) is 8.78 Å². The van der Waals surface area contributed by atoms with Gasteiger partial charge in [0, 0.05) is 57.2 Å². The smallest absolute Gasteiger partial charge is 0.270 e. The van der Waals surface area contributed by atoms with Gasteiger partial charge in [0.2, 0.25) is 17.7 Å². The number of carbonyl (C=O) groups is 4. The first-order valence-corrected chi connectivity index (χ1v) is 15.9. The number of amides is 4. The molecule has 11 nitrogen and oxygen atoms in total. The highest BCUT2D eigenvalue weighted by molar-refractivity contribution is 6.01. The van der Waals surface area contributed by atoms with Gasteiger partial charge in [0.25, 0.3) is 5.91 Å². The number of benzene rings is 2. The number of rotatable bonds is 12. The highest BCUT2D eigenvalue weighted by Crippen LogP contribution is 2.27. The summed E-state index contributed by atoms with van der Waals surface area (Å²) in [5, 5.41) is 12.3. The third-order valence-corrected chi connectivity index (χ3v) is 8.71. The number of nitrogens with zero attached hydrogens (tertiary/aromatic N) is 4. The van der Waals surface area contributed by atoms with Crippen LogP contribution in [0.25, 0.3) is 0 Å². The molecule has 2 heterocycles. The normalized spacial score (nSPS) is 16.1. The van der Waals surface area contributed by atoms with Gasteiger partial charge >= 0.3 is 0 Å². The highest BCUT2D eigenvalue weighted by atomic mass is 19.1. The molecule has 4 rings (SSSR count). The zero-order chi connectivity index (χ0) is 34.2. The summed E-state index contributed by atoms with van der Waals surface area (Å²) in [6, 6.07) is 9.26. The summed E-state index contributed by atoms with van der Waals surface area (Å²) in [6.45, 7) is 9.87. The van der Waals surface area contributed by atoms with Crippen molar-refractivity contribution in [1.82, 2.24) is 30.2 Å². The van der Waals surface area contributed by atoms with Crippen molar-refractivity contribution in [3.8, 4) is 0 Å². The Balaban J connectivity index is 1.56. The standard InChI is InChI=1S/C34H43F2N7O4/c1-6-29(44)39-31(34(47)42-18-16-41(5)17-19-42)22(4)24-10-13-27(26(36)20-24)38-33(46)30(21(3)23-8-11-25(35)12-9-23)40-32(45)28-14-15-37-43(28)7-2/h8-15,20-22,30-31H,6-7,16-19H2,1-5H3,(H,38,46)(H,39,44)(H,40,45)/t21?,22-,30?,31+/m0/s1. The van der Waals surface area contributed by atoms with Gasteiger partial charge in [0.15, 0.2) is 0 Å². The van der Waals surface area contributed by atoms with Crippen LogP contribution in [0.1, 0.15) is 67.6 Å². The number of carbonyl (C=O) groups excluding carboxylic acids is 4. The van der Waals surface area contributed by atoms with Crippen LogP contribution in [0.3, 0.4) is 0 Å². The molecule has 1 saturated heterocycles. The van der Waals surface area contributed by atoms with Gasteiger partial charge < -0.3 is 25.8 Å². The molecule has 3 N–H and O–H groups in total. The van der Waals surface area contributed by atoms with Gasteiger partial charge in [-0.2, -0.15) is 5.10 Å². The van der Waals surface area contributed by atoms with Crippen LogP contribution >= 0.6 is 0 Å². The number of likely N-dealkylation sites (N-methyl/N-ethyl adjacent to an activating group) is 1. The van der Waals surface area contributed by atoms with Crippen molar-refractivity contribution in [3.63, 3.8) is 0 Å². The Morgan fingerprint density at radius 3 is 2.11 bits per heavy atom. The summed E-state index contributed by atoms with van der Waals surface area (Å²) in [6.07, 6.45) is 1.67. The van der Waals surface area contributed by atoms with E-state index in [1.807, 2.05) is 14.0 Å². The maximum atomic E-state index is 15.6. The van der Waals surface area contributed by atoms with Gasteiger partial charge in [0.05, 0.1) is 5.69 Å². The van der Waals surface area contributed by atoms with Crippen LogP contribution in [-0.4, -0.2) is 88.5 Å². The quantitative estimate of drug-likeness (QED) is 0.275. The fourth-order valence-corrected chi connectivity index (χ4v) is 5.59. The molecule has 13 heteroatoms. The van der Waals surface area contributed by atoms with Crippen molar-refractivity contribution in [1.29, 1.82) is 0 Å². The van der Waals surface area contributed by atoms with E-state index in [0.29, 0.717) is 43.9 Å². The summed E-state index contributed by atoms with van der Waals surface area (Å²) >= 11 is 0. The monoisotopic (exact) mass is 651 g/mol. The van der Waals surface area contributed by atoms with Gasteiger partial charge in [-0.3, -0.25) is 23.9 Å². The van der Waals surface area contributed by atoms with E-state index in [1.165, 1.54) is 53.3 Å². The molecule has 1 fully saturated rings. The first-order chi connectivity index (χ1) is 22.4. The van der Waals surface area contributed by atoms with Crippen molar-refractivity contribution in [2.24, 2.45) is 0 Å². The topological polar surface area (TPSA) is 129 Å². The molecule has 2 aromatic carbocycles. The number of hydrogen-bond acceptors (Lipinski definition) is 6. The molecule has 3 aromatic rings.